The van der Waals surface area contributed by atoms with Gasteiger partial charge in [0.25, 0.3) is 0 Å². The standard InChI is InChI=1S/C40H32BrNO4/c1-45-32-21-15-27(16-22-32)35-34(39(43)30-11-7-4-8-12-30)25-42-40(44)38(29-13-19-31(41)20-14-29)37(28-17-23-33(46-2)24-18-28)36(35)26-9-5-3-6-10-26/h3-25,35,38H,1-2H3,(H,42,44). The van der Waals surface area contributed by atoms with Gasteiger partial charge in [0, 0.05) is 27.7 Å². The molecular formula is C40H32BrNO4. The van der Waals surface area contributed by atoms with Crippen molar-refractivity contribution in [3.05, 3.63) is 178 Å². The van der Waals surface area contributed by atoms with Crippen LogP contribution in [0.4, 0.5) is 0 Å². The van der Waals surface area contributed by atoms with Gasteiger partial charge in [-0.3, -0.25) is 9.59 Å². The molecule has 0 aliphatic carbocycles. The number of ketones is 1. The number of allylic oxidation sites excluding steroid dienone is 2. The summed E-state index contributed by atoms with van der Waals surface area (Å²) in [6, 6.07) is 42.5. The maximum Gasteiger partial charge on any atom is 0.235 e. The molecule has 0 bridgehead atoms. The molecule has 5 aromatic rings. The van der Waals surface area contributed by atoms with E-state index < -0.39 is 11.8 Å². The highest BCUT2D eigenvalue weighted by atomic mass is 79.9. The summed E-state index contributed by atoms with van der Waals surface area (Å²) < 4.78 is 11.9. The Morgan fingerprint density at radius 1 is 0.609 bits per heavy atom. The first kappa shape index (κ1) is 30.8. The van der Waals surface area contributed by atoms with Crippen molar-refractivity contribution in [3.8, 4) is 11.5 Å². The highest BCUT2D eigenvalue weighted by Gasteiger charge is 2.37. The number of benzene rings is 5. The van der Waals surface area contributed by atoms with Crippen molar-refractivity contribution in [1.82, 2.24) is 5.32 Å². The van der Waals surface area contributed by atoms with Gasteiger partial charge in [0.05, 0.1) is 20.1 Å². The second-order valence-electron chi connectivity index (χ2n) is 10.9. The van der Waals surface area contributed by atoms with E-state index in [9.17, 15) is 9.59 Å². The molecule has 6 heteroatoms. The summed E-state index contributed by atoms with van der Waals surface area (Å²) in [6.45, 7) is 0. The number of ether oxygens (including phenoxy) is 2. The van der Waals surface area contributed by atoms with E-state index in [4.69, 9.17) is 9.47 Å². The van der Waals surface area contributed by atoms with Crippen LogP contribution in [0, 0.1) is 0 Å². The normalized spacial score (nSPS) is 16.5. The van der Waals surface area contributed by atoms with Gasteiger partial charge in [0.2, 0.25) is 5.91 Å². The van der Waals surface area contributed by atoms with Gasteiger partial charge in [-0.15, -0.1) is 0 Å². The molecule has 0 saturated carbocycles. The lowest BCUT2D eigenvalue weighted by Gasteiger charge is -2.33. The summed E-state index contributed by atoms with van der Waals surface area (Å²) >= 11 is 3.55. The monoisotopic (exact) mass is 669 g/mol. The Labute approximate surface area is 277 Å². The van der Waals surface area contributed by atoms with Crippen LogP contribution >= 0.6 is 15.9 Å². The zero-order valence-electron chi connectivity index (χ0n) is 25.4. The van der Waals surface area contributed by atoms with Crippen molar-refractivity contribution < 1.29 is 19.1 Å². The largest absolute Gasteiger partial charge is 0.497 e. The average molecular weight is 671 g/mol. The third kappa shape index (κ3) is 6.30. The topological polar surface area (TPSA) is 64.6 Å². The van der Waals surface area contributed by atoms with Crippen LogP contribution in [-0.4, -0.2) is 25.9 Å². The molecule has 228 valence electrons. The van der Waals surface area contributed by atoms with Crippen LogP contribution in [0.3, 0.4) is 0 Å². The fourth-order valence-corrected chi connectivity index (χ4v) is 6.28. The zero-order valence-corrected chi connectivity index (χ0v) is 27.0. The van der Waals surface area contributed by atoms with E-state index >= 15 is 0 Å². The lowest BCUT2D eigenvalue weighted by atomic mass is 9.71. The maximum atomic E-state index is 14.5. The van der Waals surface area contributed by atoms with Crippen molar-refractivity contribution in [1.29, 1.82) is 0 Å². The predicted molar refractivity (Wildman–Crippen MR) is 186 cm³/mol. The second kappa shape index (κ2) is 13.8. The molecule has 1 amide bonds. The molecule has 1 heterocycles. The van der Waals surface area contributed by atoms with E-state index in [2.05, 4.69) is 21.2 Å². The summed E-state index contributed by atoms with van der Waals surface area (Å²) in [5, 5.41) is 3.05. The van der Waals surface area contributed by atoms with Gasteiger partial charge in [-0.2, -0.15) is 0 Å². The smallest absolute Gasteiger partial charge is 0.235 e. The lowest BCUT2D eigenvalue weighted by Crippen LogP contribution is -2.31. The van der Waals surface area contributed by atoms with Crippen molar-refractivity contribution in [2.45, 2.75) is 11.8 Å². The van der Waals surface area contributed by atoms with Gasteiger partial charge in [-0.25, -0.2) is 0 Å². The number of rotatable bonds is 8. The first-order chi connectivity index (χ1) is 22.5. The number of carbonyl (C=O) groups excluding carboxylic acids is 2. The van der Waals surface area contributed by atoms with E-state index in [-0.39, 0.29) is 11.7 Å². The van der Waals surface area contributed by atoms with Crippen molar-refractivity contribution in [2.24, 2.45) is 0 Å². The molecule has 2 unspecified atom stereocenters. The Morgan fingerprint density at radius 3 is 1.67 bits per heavy atom. The third-order valence-corrected chi connectivity index (χ3v) is 8.78. The van der Waals surface area contributed by atoms with Gasteiger partial charge in [0.1, 0.15) is 11.5 Å². The minimum Gasteiger partial charge on any atom is -0.497 e. The van der Waals surface area contributed by atoms with E-state index in [1.807, 2.05) is 121 Å². The van der Waals surface area contributed by atoms with Gasteiger partial charge >= 0.3 is 0 Å². The van der Waals surface area contributed by atoms with Crippen LogP contribution in [0.2, 0.25) is 0 Å². The number of Topliss-reactive ketones (excluding diaryl/α,β-unsaturated/α-hetero) is 1. The van der Waals surface area contributed by atoms with Crippen LogP contribution in [-0.2, 0) is 4.79 Å². The van der Waals surface area contributed by atoms with E-state index in [0.29, 0.717) is 22.6 Å². The first-order valence-electron chi connectivity index (χ1n) is 14.9. The predicted octanol–water partition coefficient (Wildman–Crippen LogP) is 8.84. The zero-order chi connectivity index (χ0) is 32.0. The molecule has 0 radical (unpaired) electrons. The molecule has 2 atom stereocenters. The van der Waals surface area contributed by atoms with E-state index in [0.717, 1.165) is 37.9 Å². The average Bonchev–Trinajstić information content (AvgIpc) is 3.11. The third-order valence-electron chi connectivity index (χ3n) is 8.25. The molecule has 1 N–H and O–H groups in total. The molecule has 46 heavy (non-hydrogen) atoms. The number of methoxy groups -OCH3 is 2. The molecule has 0 spiro atoms. The van der Waals surface area contributed by atoms with Gasteiger partial charge in [0.15, 0.2) is 5.78 Å². The maximum absolute atomic E-state index is 14.5. The highest BCUT2D eigenvalue weighted by Crippen LogP contribution is 2.49. The summed E-state index contributed by atoms with van der Waals surface area (Å²) in [6.07, 6.45) is 1.60. The Balaban J connectivity index is 1.74. The van der Waals surface area contributed by atoms with Crippen LogP contribution in [0.25, 0.3) is 11.1 Å². The minimum absolute atomic E-state index is 0.175. The van der Waals surface area contributed by atoms with Crippen molar-refractivity contribution >= 4 is 38.8 Å². The fourth-order valence-electron chi connectivity index (χ4n) is 6.01. The summed E-state index contributed by atoms with van der Waals surface area (Å²) in [4.78, 5) is 28.9. The lowest BCUT2D eigenvalue weighted by molar-refractivity contribution is -0.120. The van der Waals surface area contributed by atoms with Crippen LogP contribution in [0.1, 0.15) is 44.4 Å². The Morgan fingerprint density at radius 2 is 1.09 bits per heavy atom. The molecular weight excluding hydrogens is 638 g/mol. The molecule has 5 aromatic carbocycles. The van der Waals surface area contributed by atoms with Gasteiger partial charge in [-0.05, 0) is 69.8 Å². The molecule has 0 aromatic heterocycles. The summed E-state index contributed by atoms with van der Waals surface area (Å²) in [5.74, 6) is -0.276. The van der Waals surface area contributed by atoms with Crippen molar-refractivity contribution in [3.63, 3.8) is 0 Å². The van der Waals surface area contributed by atoms with E-state index in [1.54, 1.807) is 32.6 Å². The first-order valence-corrected chi connectivity index (χ1v) is 15.7. The molecule has 0 fully saturated rings. The van der Waals surface area contributed by atoms with Gasteiger partial charge in [-0.1, -0.05) is 113 Å². The molecule has 1 aliphatic heterocycles. The van der Waals surface area contributed by atoms with Crippen LogP contribution < -0.4 is 14.8 Å². The highest BCUT2D eigenvalue weighted by molar-refractivity contribution is 9.10. The molecule has 1 aliphatic rings. The molecule has 5 nitrogen and oxygen atoms in total. The Hall–Kier alpha value is -5.20. The fraction of sp³-hybridized carbons (Fsp3) is 0.100. The Bertz CT molecular complexity index is 1900. The molecule has 0 saturated heterocycles. The van der Waals surface area contributed by atoms with Gasteiger partial charge < -0.3 is 14.8 Å². The summed E-state index contributed by atoms with van der Waals surface area (Å²) in [5.41, 5.74) is 6.07. The number of halogens is 1. The number of hydrogen-bond acceptors (Lipinski definition) is 4. The number of hydrogen-bond donors (Lipinski definition) is 1. The SMILES string of the molecule is COc1ccc(C2=C(c3ccccc3)C(c3ccc(OC)cc3)C(C(=O)c3ccccc3)=CNC(=O)C2c2ccc(Br)cc2)cc1. The number of nitrogens with one attached hydrogen (secondary N) is 1. The van der Waals surface area contributed by atoms with Crippen LogP contribution in [0.15, 0.2) is 150 Å². The summed E-state index contributed by atoms with van der Waals surface area (Å²) in [7, 11) is 3.26. The molecule has 6 rings (SSSR count). The Kier molecular flexibility index (Phi) is 9.27. The minimum atomic E-state index is -0.706. The second-order valence-corrected chi connectivity index (χ2v) is 11.8. The quantitative estimate of drug-likeness (QED) is 0.168. The van der Waals surface area contributed by atoms with Crippen LogP contribution in [0.5, 0.6) is 11.5 Å². The van der Waals surface area contributed by atoms with Crippen molar-refractivity contribution in [2.75, 3.05) is 14.2 Å². The number of carbonyl (C=O) groups is 2. The number of amides is 1. The van der Waals surface area contributed by atoms with E-state index in [1.165, 1.54) is 0 Å².